The van der Waals surface area contributed by atoms with Gasteiger partial charge in [0.05, 0.1) is 11.3 Å². The van der Waals surface area contributed by atoms with Gasteiger partial charge in [-0.1, -0.05) is 6.07 Å². The van der Waals surface area contributed by atoms with E-state index in [4.69, 9.17) is 9.84 Å². The topological polar surface area (TPSA) is 64.3 Å². The molecule has 0 radical (unpaired) electrons. The molecule has 0 unspecified atom stereocenters. The average molecular weight is 258 g/mol. The summed E-state index contributed by atoms with van der Waals surface area (Å²) in [5, 5.41) is 13.2. The Morgan fingerprint density at radius 3 is 2.84 bits per heavy atom. The average Bonchev–Trinajstić information content (AvgIpc) is 2.72. The maximum absolute atomic E-state index is 11.2. The van der Waals surface area contributed by atoms with Gasteiger partial charge in [0.15, 0.2) is 5.69 Å². The molecule has 0 bridgehead atoms. The van der Waals surface area contributed by atoms with Crippen LogP contribution < -0.4 is 4.74 Å². The standard InChI is InChI=1S/C14H14N2O3/c1-7-4-5-9-12-10(6-19-13(9)8(7)2)11(14(17)18)15-16(12)3/h4-5H,6H2,1-3H3,(H,17,18). The molecule has 0 saturated carbocycles. The fraction of sp³-hybridized carbons (Fsp3) is 0.286. The minimum absolute atomic E-state index is 0.0707. The number of hydrogen-bond acceptors (Lipinski definition) is 3. The van der Waals surface area contributed by atoms with Gasteiger partial charge in [-0.15, -0.1) is 0 Å². The number of carboxylic acid groups (broad SMARTS) is 1. The Bertz CT molecular complexity index is 701. The third-order valence-corrected chi connectivity index (χ3v) is 3.64. The number of benzene rings is 1. The van der Waals surface area contributed by atoms with E-state index in [9.17, 15) is 4.79 Å². The Labute approximate surface area is 110 Å². The number of aryl methyl sites for hydroxylation is 2. The minimum Gasteiger partial charge on any atom is -0.488 e. The molecule has 5 heteroatoms. The summed E-state index contributed by atoms with van der Waals surface area (Å²) >= 11 is 0. The summed E-state index contributed by atoms with van der Waals surface area (Å²) in [7, 11) is 1.76. The van der Waals surface area contributed by atoms with Crippen LogP contribution in [-0.4, -0.2) is 20.9 Å². The van der Waals surface area contributed by atoms with Gasteiger partial charge in [0.2, 0.25) is 0 Å². The Morgan fingerprint density at radius 2 is 2.16 bits per heavy atom. The number of ether oxygens (including phenoxy) is 1. The number of hydrogen-bond donors (Lipinski definition) is 1. The molecule has 0 amide bonds. The van der Waals surface area contributed by atoms with E-state index in [0.29, 0.717) is 5.56 Å². The van der Waals surface area contributed by atoms with Crippen molar-refractivity contribution in [2.75, 3.05) is 0 Å². The van der Waals surface area contributed by atoms with E-state index in [0.717, 1.165) is 28.1 Å². The Kier molecular flexibility index (Phi) is 2.38. The maximum atomic E-state index is 11.2. The fourth-order valence-electron chi connectivity index (χ4n) is 2.52. The van der Waals surface area contributed by atoms with Gasteiger partial charge in [0.1, 0.15) is 12.4 Å². The molecule has 1 aromatic carbocycles. The summed E-state index contributed by atoms with van der Waals surface area (Å²) in [5.41, 5.74) is 4.70. The molecule has 0 spiro atoms. The number of aromatic carboxylic acids is 1. The number of carbonyl (C=O) groups is 1. The molecular formula is C14H14N2O3. The second-order valence-corrected chi connectivity index (χ2v) is 4.78. The van der Waals surface area contributed by atoms with Gasteiger partial charge >= 0.3 is 5.97 Å². The molecule has 0 aliphatic carbocycles. The van der Waals surface area contributed by atoms with Crippen molar-refractivity contribution >= 4 is 5.97 Å². The lowest BCUT2D eigenvalue weighted by Gasteiger charge is -2.21. The van der Waals surface area contributed by atoms with Crippen molar-refractivity contribution in [2.45, 2.75) is 20.5 Å². The van der Waals surface area contributed by atoms with Crippen LogP contribution in [0.3, 0.4) is 0 Å². The summed E-state index contributed by atoms with van der Waals surface area (Å²) in [6, 6.07) is 3.98. The highest BCUT2D eigenvalue weighted by Gasteiger charge is 2.29. The van der Waals surface area contributed by atoms with Crippen LogP contribution in [0.2, 0.25) is 0 Å². The molecule has 1 N–H and O–H groups in total. The highest BCUT2D eigenvalue weighted by Crippen LogP contribution is 2.41. The van der Waals surface area contributed by atoms with Crippen LogP contribution in [0.5, 0.6) is 5.75 Å². The normalized spacial score (nSPS) is 12.6. The monoisotopic (exact) mass is 258 g/mol. The van der Waals surface area contributed by atoms with Gasteiger partial charge in [-0.2, -0.15) is 5.10 Å². The lowest BCUT2D eigenvalue weighted by atomic mass is 9.97. The van der Waals surface area contributed by atoms with Crippen molar-refractivity contribution < 1.29 is 14.6 Å². The van der Waals surface area contributed by atoms with Crippen molar-refractivity contribution in [2.24, 2.45) is 7.05 Å². The molecule has 2 heterocycles. The Morgan fingerprint density at radius 1 is 1.42 bits per heavy atom. The molecule has 3 rings (SSSR count). The van der Waals surface area contributed by atoms with Crippen LogP contribution >= 0.6 is 0 Å². The van der Waals surface area contributed by atoms with Crippen LogP contribution in [0, 0.1) is 13.8 Å². The summed E-state index contributed by atoms with van der Waals surface area (Å²) in [5.74, 6) is -0.194. The number of carboxylic acids is 1. The summed E-state index contributed by atoms with van der Waals surface area (Å²) in [6.07, 6.45) is 0. The summed E-state index contributed by atoms with van der Waals surface area (Å²) < 4.78 is 7.37. The van der Waals surface area contributed by atoms with Gasteiger partial charge < -0.3 is 9.84 Å². The van der Waals surface area contributed by atoms with Crippen LogP contribution in [0.1, 0.15) is 27.2 Å². The van der Waals surface area contributed by atoms with Crippen molar-refractivity contribution in [3.05, 3.63) is 34.5 Å². The number of rotatable bonds is 1. The molecule has 1 aromatic heterocycles. The van der Waals surface area contributed by atoms with E-state index in [2.05, 4.69) is 5.10 Å². The van der Waals surface area contributed by atoms with E-state index < -0.39 is 5.97 Å². The lowest BCUT2D eigenvalue weighted by Crippen LogP contribution is -2.10. The van der Waals surface area contributed by atoms with Crippen molar-refractivity contribution in [3.8, 4) is 17.0 Å². The van der Waals surface area contributed by atoms with Gasteiger partial charge in [0, 0.05) is 12.6 Å². The molecule has 0 atom stereocenters. The van der Waals surface area contributed by atoms with Crippen LogP contribution in [0.15, 0.2) is 12.1 Å². The van der Waals surface area contributed by atoms with Gasteiger partial charge in [-0.05, 0) is 31.0 Å². The molecule has 1 aliphatic rings. The largest absolute Gasteiger partial charge is 0.488 e. The first-order valence-corrected chi connectivity index (χ1v) is 6.03. The van der Waals surface area contributed by atoms with E-state index >= 15 is 0 Å². The van der Waals surface area contributed by atoms with Crippen LogP contribution in [-0.2, 0) is 13.7 Å². The first-order chi connectivity index (χ1) is 9.00. The third kappa shape index (κ3) is 1.54. The maximum Gasteiger partial charge on any atom is 0.356 e. The summed E-state index contributed by atoms with van der Waals surface area (Å²) in [4.78, 5) is 11.2. The second kappa shape index (κ2) is 3.85. The molecule has 5 nitrogen and oxygen atoms in total. The zero-order chi connectivity index (χ0) is 13.7. The minimum atomic E-state index is -1.02. The SMILES string of the molecule is Cc1ccc2c(c1C)OCc1c(C(=O)O)nn(C)c1-2. The van der Waals surface area contributed by atoms with Crippen molar-refractivity contribution in [3.63, 3.8) is 0 Å². The quantitative estimate of drug-likeness (QED) is 0.852. The number of nitrogens with zero attached hydrogens (tertiary/aromatic N) is 2. The molecule has 0 fully saturated rings. The number of fused-ring (bicyclic) bond motifs is 3. The Hall–Kier alpha value is -2.30. The first kappa shape index (κ1) is 11.8. The number of aromatic nitrogens is 2. The molecule has 0 saturated heterocycles. The lowest BCUT2D eigenvalue weighted by molar-refractivity contribution is 0.0686. The van der Waals surface area contributed by atoms with E-state index in [1.165, 1.54) is 0 Å². The van der Waals surface area contributed by atoms with E-state index in [1.807, 2.05) is 26.0 Å². The first-order valence-electron chi connectivity index (χ1n) is 6.03. The van der Waals surface area contributed by atoms with Crippen LogP contribution in [0.4, 0.5) is 0 Å². The van der Waals surface area contributed by atoms with Gasteiger partial charge in [-0.25, -0.2) is 4.79 Å². The zero-order valence-electron chi connectivity index (χ0n) is 11.0. The zero-order valence-corrected chi connectivity index (χ0v) is 11.0. The van der Waals surface area contributed by atoms with Crippen molar-refractivity contribution in [1.29, 1.82) is 0 Å². The van der Waals surface area contributed by atoms with Crippen molar-refractivity contribution in [1.82, 2.24) is 9.78 Å². The van der Waals surface area contributed by atoms with Gasteiger partial charge in [0.25, 0.3) is 0 Å². The predicted molar refractivity (Wildman–Crippen MR) is 69.4 cm³/mol. The predicted octanol–water partition coefficient (Wildman–Crippen LogP) is 2.29. The molecule has 1 aliphatic heterocycles. The third-order valence-electron chi connectivity index (χ3n) is 3.64. The highest BCUT2D eigenvalue weighted by atomic mass is 16.5. The smallest absolute Gasteiger partial charge is 0.356 e. The van der Waals surface area contributed by atoms with Crippen LogP contribution in [0.25, 0.3) is 11.3 Å². The molecule has 98 valence electrons. The van der Waals surface area contributed by atoms with E-state index in [1.54, 1.807) is 11.7 Å². The highest BCUT2D eigenvalue weighted by molar-refractivity contribution is 5.91. The molecule has 19 heavy (non-hydrogen) atoms. The molecular weight excluding hydrogens is 244 g/mol. The molecule has 2 aromatic rings. The fourth-order valence-corrected chi connectivity index (χ4v) is 2.52. The van der Waals surface area contributed by atoms with Gasteiger partial charge in [-0.3, -0.25) is 4.68 Å². The summed E-state index contributed by atoms with van der Waals surface area (Å²) in [6.45, 7) is 4.29. The second-order valence-electron chi connectivity index (χ2n) is 4.78. The Balaban J connectivity index is 2.31. The van der Waals surface area contributed by atoms with E-state index in [-0.39, 0.29) is 12.3 Å².